The fourth-order valence-electron chi connectivity index (χ4n) is 3.74. The number of hydrogen-bond donors (Lipinski definition) is 1. The van der Waals surface area contributed by atoms with Gasteiger partial charge in [-0.25, -0.2) is 0 Å². The summed E-state index contributed by atoms with van der Waals surface area (Å²) < 4.78 is 6.36. The van der Waals surface area contributed by atoms with Crippen LogP contribution < -0.4 is 10.1 Å². The highest BCUT2D eigenvalue weighted by Gasteiger charge is 2.28. The van der Waals surface area contributed by atoms with Crippen molar-refractivity contribution in [2.75, 3.05) is 26.7 Å². The molecule has 0 amide bonds. The van der Waals surface area contributed by atoms with E-state index in [2.05, 4.69) is 44.3 Å². The number of methoxy groups -OCH3 is 1. The van der Waals surface area contributed by atoms with Crippen LogP contribution in [-0.2, 0) is 6.54 Å². The summed E-state index contributed by atoms with van der Waals surface area (Å²) in [4.78, 5) is 2.61. The largest absolute Gasteiger partial charge is 0.496 e. The van der Waals surface area contributed by atoms with Gasteiger partial charge in [-0.15, -0.1) is 0 Å². The first kappa shape index (κ1) is 15.3. The molecular formula is C17H25BrN2O. The van der Waals surface area contributed by atoms with Crippen LogP contribution in [0.1, 0.15) is 31.2 Å². The van der Waals surface area contributed by atoms with Gasteiger partial charge in [0.2, 0.25) is 0 Å². The van der Waals surface area contributed by atoms with E-state index in [0.29, 0.717) is 0 Å². The molecule has 0 saturated carbocycles. The lowest BCUT2D eigenvalue weighted by atomic mass is 9.89. The van der Waals surface area contributed by atoms with Crippen molar-refractivity contribution in [1.29, 1.82) is 0 Å². The lowest BCUT2D eigenvalue weighted by molar-refractivity contribution is 0.145. The Morgan fingerprint density at radius 2 is 2.24 bits per heavy atom. The maximum absolute atomic E-state index is 5.31. The third-order valence-electron chi connectivity index (χ3n) is 4.83. The number of rotatable bonds is 4. The van der Waals surface area contributed by atoms with E-state index >= 15 is 0 Å². The molecule has 2 saturated heterocycles. The number of ether oxygens (including phenoxy) is 1. The number of nitrogens with zero attached hydrogens (tertiary/aromatic N) is 1. The number of piperidine rings is 1. The number of likely N-dealkylation sites (tertiary alicyclic amines) is 1. The second-order valence-electron chi connectivity index (χ2n) is 6.31. The number of benzene rings is 1. The lowest BCUT2D eigenvalue weighted by Gasteiger charge is -2.36. The predicted octanol–water partition coefficient (Wildman–Crippen LogP) is 3.42. The van der Waals surface area contributed by atoms with Crippen molar-refractivity contribution in [3.05, 3.63) is 28.2 Å². The molecule has 0 aliphatic carbocycles. The standard InChI is InChI=1S/C17H25BrN2O/c1-21-17-7-6-13(10-15(17)18)11-20-9-3-4-14(12-20)16-5-2-8-19-16/h6-7,10,14,16,19H,2-5,8-9,11-12H2,1H3. The maximum Gasteiger partial charge on any atom is 0.133 e. The molecule has 0 bridgehead atoms. The second kappa shape index (κ2) is 7.12. The molecule has 1 aromatic rings. The summed E-state index contributed by atoms with van der Waals surface area (Å²) in [5.74, 6) is 1.74. The quantitative estimate of drug-likeness (QED) is 0.898. The van der Waals surface area contributed by atoms with Crippen LogP contribution in [0.3, 0.4) is 0 Å². The van der Waals surface area contributed by atoms with Crippen LogP contribution in [-0.4, -0.2) is 37.7 Å². The smallest absolute Gasteiger partial charge is 0.133 e. The summed E-state index contributed by atoms with van der Waals surface area (Å²) >= 11 is 3.58. The molecule has 2 aliphatic heterocycles. The van der Waals surface area contributed by atoms with Gasteiger partial charge in [0.05, 0.1) is 11.6 Å². The molecule has 2 fully saturated rings. The molecule has 2 atom stereocenters. The average Bonchev–Trinajstić information content (AvgIpc) is 3.02. The Hall–Kier alpha value is -0.580. The van der Waals surface area contributed by atoms with Gasteiger partial charge in [-0.1, -0.05) is 6.07 Å². The van der Waals surface area contributed by atoms with Gasteiger partial charge in [-0.2, -0.15) is 0 Å². The first-order chi connectivity index (χ1) is 10.3. The van der Waals surface area contributed by atoms with E-state index in [1.807, 2.05) is 0 Å². The van der Waals surface area contributed by atoms with Crippen LogP contribution in [0.25, 0.3) is 0 Å². The zero-order chi connectivity index (χ0) is 14.7. The Morgan fingerprint density at radius 3 is 2.95 bits per heavy atom. The Labute approximate surface area is 136 Å². The SMILES string of the molecule is COc1ccc(CN2CCCC(C3CCCN3)C2)cc1Br. The third-order valence-corrected chi connectivity index (χ3v) is 5.45. The van der Waals surface area contributed by atoms with E-state index in [-0.39, 0.29) is 0 Å². The summed E-state index contributed by atoms with van der Waals surface area (Å²) in [5, 5.41) is 3.68. The van der Waals surface area contributed by atoms with E-state index in [1.165, 1.54) is 50.9 Å². The van der Waals surface area contributed by atoms with Gasteiger partial charge in [0.1, 0.15) is 5.75 Å². The van der Waals surface area contributed by atoms with E-state index in [1.54, 1.807) is 7.11 Å². The Morgan fingerprint density at radius 1 is 1.33 bits per heavy atom. The molecule has 116 valence electrons. The molecular weight excluding hydrogens is 328 g/mol. The summed E-state index contributed by atoms with van der Waals surface area (Å²) in [5.41, 5.74) is 1.36. The monoisotopic (exact) mass is 352 g/mol. The fourth-order valence-corrected chi connectivity index (χ4v) is 4.33. The van der Waals surface area contributed by atoms with Crippen molar-refractivity contribution < 1.29 is 4.74 Å². The topological polar surface area (TPSA) is 24.5 Å². The van der Waals surface area contributed by atoms with E-state index < -0.39 is 0 Å². The number of hydrogen-bond acceptors (Lipinski definition) is 3. The van der Waals surface area contributed by atoms with Gasteiger partial charge in [-0.05, 0) is 78.3 Å². The van der Waals surface area contributed by atoms with Crippen LogP contribution in [0.4, 0.5) is 0 Å². The van der Waals surface area contributed by atoms with E-state index in [9.17, 15) is 0 Å². The van der Waals surface area contributed by atoms with Crippen LogP contribution >= 0.6 is 15.9 Å². The second-order valence-corrected chi connectivity index (χ2v) is 7.16. The van der Waals surface area contributed by atoms with Gasteiger partial charge in [0.15, 0.2) is 0 Å². The highest BCUT2D eigenvalue weighted by atomic mass is 79.9. The van der Waals surface area contributed by atoms with Crippen LogP contribution in [0, 0.1) is 5.92 Å². The minimum absolute atomic E-state index is 0.760. The van der Waals surface area contributed by atoms with Crippen molar-refractivity contribution in [1.82, 2.24) is 10.2 Å². The molecule has 1 aromatic carbocycles. The maximum atomic E-state index is 5.31. The molecule has 4 heteroatoms. The Kier molecular flexibility index (Phi) is 5.19. The number of nitrogens with one attached hydrogen (secondary N) is 1. The van der Waals surface area contributed by atoms with Crippen LogP contribution in [0.15, 0.2) is 22.7 Å². The van der Waals surface area contributed by atoms with Gasteiger partial charge in [-0.3, -0.25) is 4.90 Å². The summed E-state index contributed by atoms with van der Waals surface area (Å²) in [6.45, 7) is 4.73. The van der Waals surface area contributed by atoms with Crippen LogP contribution in [0.2, 0.25) is 0 Å². The van der Waals surface area contributed by atoms with E-state index in [4.69, 9.17) is 4.74 Å². The molecule has 21 heavy (non-hydrogen) atoms. The van der Waals surface area contributed by atoms with E-state index in [0.717, 1.165) is 28.7 Å². The average molecular weight is 353 g/mol. The summed E-state index contributed by atoms with van der Waals surface area (Å²) in [6, 6.07) is 7.19. The molecule has 0 aromatic heterocycles. The third kappa shape index (κ3) is 3.79. The molecule has 2 heterocycles. The summed E-state index contributed by atoms with van der Waals surface area (Å²) in [7, 11) is 1.71. The molecule has 0 spiro atoms. The normalized spacial score (nSPS) is 27.0. The van der Waals surface area contributed by atoms with Crippen molar-refractivity contribution in [3.8, 4) is 5.75 Å². The molecule has 1 N–H and O–H groups in total. The Balaban J connectivity index is 1.60. The van der Waals surface area contributed by atoms with Gasteiger partial charge in [0.25, 0.3) is 0 Å². The molecule has 2 unspecified atom stereocenters. The highest BCUT2D eigenvalue weighted by molar-refractivity contribution is 9.10. The van der Waals surface area contributed by atoms with Gasteiger partial charge in [0, 0.05) is 19.1 Å². The predicted molar refractivity (Wildman–Crippen MR) is 89.7 cm³/mol. The zero-order valence-corrected chi connectivity index (χ0v) is 14.4. The van der Waals surface area contributed by atoms with Crippen LogP contribution in [0.5, 0.6) is 5.75 Å². The minimum Gasteiger partial charge on any atom is -0.496 e. The zero-order valence-electron chi connectivity index (χ0n) is 12.8. The lowest BCUT2D eigenvalue weighted by Crippen LogP contribution is -2.43. The highest BCUT2D eigenvalue weighted by Crippen LogP contribution is 2.28. The van der Waals surface area contributed by atoms with Crippen molar-refractivity contribution in [3.63, 3.8) is 0 Å². The first-order valence-electron chi connectivity index (χ1n) is 8.04. The van der Waals surface area contributed by atoms with Gasteiger partial charge < -0.3 is 10.1 Å². The fraction of sp³-hybridized carbons (Fsp3) is 0.647. The molecule has 0 radical (unpaired) electrons. The van der Waals surface area contributed by atoms with Crippen molar-refractivity contribution in [2.45, 2.75) is 38.3 Å². The summed E-state index contributed by atoms with van der Waals surface area (Å²) in [6.07, 6.45) is 5.44. The minimum atomic E-state index is 0.760. The Bertz CT molecular complexity index is 474. The van der Waals surface area contributed by atoms with Crippen molar-refractivity contribution >= 4 is 15.9 Å². The van der Waals surface area contributed by atoms with Crippen molar-refractivity contribution in [2.24, 2.45) is 5.92 Å². The van der Waals surface area contributed by atoms with Gasteiger partial charge >= 0.3 is 0 Å². The first-order valence-corrected chi connectivity index (χ1v) is 8.83. The molecule has 2 aliphatic rings. The number of halogens is 1. The molecule has 3 nitrogen and oxygen atoms in total. The molecule has 3 rings (SSSR count).